The van der Waals surface area contributed by atoms with Crippen LogP contribution in [0.2, 0.25) is 0 Å². The number of hydrogen-bond acceptors (Lipinski definition) is 3. The molecule has 1 heterocycles. The maximum Gasteiger partial charge on any atom is 0.0749 e. The molecule has 4 heteroatoms. The van der Waals surface area contributed by atoms with E-state index in [0.29, 0.717) is 11.4 Å². The Bertz CT molecular complexity index is 170. The lowest BCUT2D eigenvalue weighted by molar-refractivity contribution is 1.02. The zero-order chi connectivity index (χ0) is 6.15. The van der Waals surface area contributed by atoms with Crippen LogP contribution in [-0.4, -0.2) is 4.68 Å². The van der Waals surface area contributed by atoms with Crippen molar-refractivity contribution in [2.45, 2.75) is 0 Å². The first kappa shape index (κ1) is 4.83. The van der Waals surface area contributed by atoms with Crippen molar-refractivity contribution in [2.24, 2.45) is 0 Å². The Morgan fingerprint density at radius 3 is 1.62 bits per heavy atom. The minimum Gasteiger partial charge on any atom is -0.396 e. The van der Waals surface area contributed by atoms with Gasteiger partial charge in [-0.25, -0.2) is 0 Å². The number of nitrogens with two attached hydrogens (primary N) is 3. The van der Waals surface area contributed by atoms with Crippen molar-refractivity contribution in [2.75, 3.05) is 17.3 Å². The molecule has 0 bridgehead atoms. The minimum absolute atomic E-state index is 0.521. The second kappa shape index (κ2) is 1.33. The molecule has 0 atom stereocenters. The van der Waals surface area contributed by atoms with E-state index in [4.69, 9.17) is 17.3 Å². The summed E-state index contributed by atoms with van der Waals surface area (Å²) in [4.78, 5) is 0. The van der Waals surface area contributed by atoms with Crippen molar-refractivity contribution in [3.63, 3.8) is 0 Å². The topological polar surface area (TPSA) is 83.0 Å². The molecule has 1 aromatic rings. The van der Waals surface area contributed by atoms with Crippen LogP contribution in [0.15, 0.2) is 12.4 Å². The van der Waals surface area contributed by atoms with Crippen molar-refractivity contribution in [1.82, 2.24) is 4.68 Å². The van der Waals surface area contributed by atoms with Gasteiger partial charge in [0, 0.05) is 0 Å². The molecule has 0 aromatic carbocycles. The van der Waals surface area contributed by atoms with Gasteiger partial charge in [-0.3, -0.25) is 4.68 Å². The summed E-state index contributed by atoms with van der Waals surface area (Å²) in [6.45, 7) is 0. The average molecular weight is 112 g/mol. The minimum atomic E-state index is 0.521. The molecule has 4 nitrogen and oxygen atoms in total. The van der Waals surface area contributed by atoms with Gasteiger partial charge in [0.05, 0.1) is 23.8 Å². The Hall–Kier alpha value is -1.32. The number of rotatable bonds is 0. The second-order valence-corrected chi connectivity index (χ2v) is 1.62. The van der Waals surface area contributed by atoms with Crippen LogP contribution in [0, 0.1) is 0 Å². The third-order valence-corrected chi connectivity index (χ3v) is 0.910. The van der Waals surface area contributed by atoms with Gasteiger partial charge >= 0.3 is 0 Å². The lowest BCUT2D eigenvalue weighted by Crippen LogP contribution is -2.03. The summed E-state index contributed by atoms with van der Waals surface area (Å²) in [7, 11) is 0. The second-order valence-electron chi connectivity index (χ2n) is 1.62. The summed E-state index contributed by atoms with van der Waals surface area (Å²) in [5, 5.41) is 0. The molecular weight excluding hydrogens is 104 g/mol. The normalized spacial score (nSPS) is 9.50. The van der Waals surface area contributed by atoms with Gasteiger partial charge in [0.25, 0.3) is 0 Å². The van der Waals surface area contributed by atoms with Gasteiger partial charge in [-0.15, -0.1) is 0 Å². The van der Waals surface area contributed by atoms with Crippen molar-refractivity contribution in [3.05, 3.63) is 12.4 Å². The first-order valence-electron chi connectivity index (χ1n) is 2.18. The molecule has 0 unspecified atom stereocenters. The molecule has 44 valence electrons. The molecule has 6 N–H and O–H groups in total. The van der Waals surface area contributed by atoms with Crippen LogP contribution in [0.1, 0.15) is 0 Å². The van der Waals surface area contributed by atoms with E-state index < -0.39 is 0 Å². The lowest BCUT2D eigenvalue weighted by atomic mass is 10.5. The Balaban J connectivity index is 3.14. The van der Waals surface area contributed by atoms with Crippen LogP contribution in [-0.2, 0) is 0 Å². The van der Waals surface area contributed by atoms with Crippen LogP contribution >= 0.6 is 0 Å². The lowest BCUT2D eigenvalue weighted by Gasteiger charge is -1.82. The van der Waals surface area contributed by atoms with E-state index in [1.807, 2.05) is 0 Å². The summed E-state index contributed by atoms with van der Waals surface area (Å²) in [5.74, 6) is 5.24. The van der Waals surface area contributed by atoms with E-state index in [-0.39, 0.29) is 0 Å². The average Bonchev–Trinajstić information content (AvgIpc) is 1.85. The summed E-state index contributed by atoms with van der Waals surface area (Å²) in [6, 6.07) is 0. The number of nitrogen functional groups attached to an aromatic ring is 3. The van der Waals surface area contributed by atoms with Gasteiger partial charge in [0.1, 0.15) is 0 Å². The quantitative estimate of drug-likeness (QED) is 0.390. The fraction of sp³-hybridized carbons (Fsp3) is 0. The SMILES string of the molecule is Nc1cn(N)cc1N. The molecule has 0 spiro atoms. The van der Waals surface area contributed by atoms with Crippen LogP contribution in [0.4, 0.5) is 11.4 Å². The van der Waals surface area contributed by atoms with E-state index >= 15 is 0 Å². The van der Waals surface area contributed by atoms with E-state index in [1.54, 1.807) is 12.4 Å². The predicted molar refractivity (Wildman–Crippen MR) is 33.4 cm³/mol. The zero-order valence-electron chi connectivity index (χ0n) is 4.33. The molecule has 8 heavy (non-hydrogen) atoms. The predicted octanol–water partition coefficient (Wildman–Crippen LogP) is -0.634. The van der Waals surface area contributed by atoms with Gasteiger partial charge < -0.3 is 17.3 Å². The number of anilines is 2. The maximum absolute atomic E-state index is 5.31. The maximum atomic E-state index is 5.31. The fourth-order valence-corrected chi connectivity index (χ4v) is 0.508. The molecule has 0 saturated carbocycles. The summed E-state index contributed by atoms with van der Waals surface area (Å²) in [6.07, 6.45) is 3.10. The third kappa shape index (κ3) is 0.556. The summed E-state index contributed by atoms with van der Waals surface area (Å²) >= 11 is 0. The molecule has 0 aliphatic carbocycles. The molecular formula is C4H8N4. The standard InChI is InChI=1S/C4H8N4/c5-3-1-8(7)2-4(3)6/h1-2H,5-7H2. The molecule has 0 saturated heterocycles. The highest BCUT2D eigenvalue weighted by molar-refractivity contribution is 5.61. The van der Waals surface area contributed by atoms with Gasteiger partial charge in [0.2, 0.25) is 0 Å². The van der Waals surface area contributed by atoms with Gasteiger partial charge in [-0.05, 0) is 0 Å². The molecule has 0 aliphatic rings. The van der Waals surface area contributed by atoms with Gasteiger partial charge in [-0.1, -0.05) is 0 Å². The van der Waals surface area contributed by atoms with Crippen LogP contribution in [0.3, 0.4) is 0 Å². The Morgan fingerprint density at radius 1 is 1.12 bits per heavy atom. The van der Waals surface area contributed by atoms with Crippen LogP contribution < -0.4 is 17.3 Å². The Kier molecular flexibility index (Phi) is 0.802. The Morgan fingerprint density at radius 2 is 1.50 bits per heavy atom. The molecule has 1 rings (SSSR count). The molecule has 0 radical (unpaired) electrons. The highest BCUT2D eigenvalue weighted by Crippen LogP contribution is 2.11. The van der Waals surface area contributed by atoms with Gasteiger partial charge in [0.15, 0.2) is 0 Å². The molecule has 0 amide bonds. The monoisotopic (exact) mass is 112 g/mol. The first-order chi connectivity index (χ1) is 3.70. The van der Waals surface area contributed by atoms with Crippen molar-refractivity contribution >= 4 is 11.4 Å². The van der Waals surface area contributed by atoms with Gasteiger partial charge in [-0.2, -0.15) is 0 Å². The van der Waals surface area contributed by atoms with Crippen LogP contribution in [0.5, 0.6) is 0 Å². The first-order valence-corrected chi connectivity index (χ1v) is 2.18. The highest BCUT2D eigenvalue weighted by atomic mass is 15.3. The molecule has 1 aromatic heterocycles. The number of hydrogen-bond donors (Lipinski definition) is 3. The summed E-state index contributed by atoms with van der Waals surface area (Å²) < 4.78 is 1.32. The largest absolute Gasteiger partial charge is 0.396 e. The smallest absolute Gasteiger partial charge is 0.0749 e. The fourth-order valence-electron chi connectivity index (χ4n) is 0.508. The van der Waals surface area contributed by atoms with Crippen molar-refractivity contribution < 1.29 is 0 Å². The third-order valence-electron chi connectivity index (χ3n) is 0.910. The van der Waals surface area contributed by atoms with Crippen molar-refractivity contribution in [1.29, 1.82) is 0 Å². The number of aromatic nitrogens is 1. The van der Waals surface area contributed by atoms with E-state index in [1.165, 1.54) is 4.68 Å². The Labute approximate surface area is 46.8 Å². The van der Waals surface area contributed by atoms with Crippen LogP contribution in [0.25, 0.3) is 0 Å². The zero-order valence-corrected chi connectivity index (χ0v) is 4.33. The highest BCUT2D eigenvalue weighted by Gasteiger charge is 1.93. The molecule has 0 aliphatic heterocycles. The van der Waals surface area contributed by atoms with E-state index in [9.17, 15) is 0 Å². The van der Waals surface area contributed by atoms with E-state index in [0.717, 1.165) is 0 Å². The van der Waals surface area contributed by atoms with Crippen molar-refractivity contribution in [3.8, 4) is 0 Å². The molecule has 0 fully saturated rings. The number of nitrogens with zero attached hydrogens (tertiary/aromatic N) is 1. The summed E-state index contributed by atoms with van der Waals surface area (Å²) in [5.41, 5.74) is 11.7. The van der Waals surface area contributed by atoms with E-state index in [2.05, 4.69) is 0 Å².